The fraction of sp³-hybridized carbons (Fsp3) is 0.250. The summed E-state index contributed by atoms with van der Waals surface area (Å²) in [6.07, 6.45) is -5.21. The van der Waals surface area contributed by atoms with E-state index in [1.165, 1.54) is 19.1 Å². The molecule has 0 fully saturated rings. The number of alkyl halides is 3. The summed E-state index contributed by atoms with van der Waals surface area (Å²) in [6.45, 7) is 1.38. The first-order valence-electron chi connectivity index (χ1n) is 5.50. The van der Waals surface area contributed by atoms with Crippen molar-refractivity contribution in [1.29, 1.82) is 0 Å². The van der Waals surface area contributed by atoms with Crippen molar-refractivity contribution in [2.45, 2.75) is 13.1 Å². The Morgan fingerprint density at radius 3 is 2.40 bits per heavy atom. The van der Waals surface area contributed by atoms with Gasteiger partial charge in [-0.2, -0.15) is 13.2 Å². The van der Waals surface area contributed by atoms with E-state index >= 15 is 0 Å². The largest absolute Gasteiger partial charge is 0.500 e. The predicted molar refractivity (Wildman–Crippen MR) is 63.3 cm³/mol. The quantitative estimate of drug-likeness (QED) is 0.510. The van der Waals surface area contributed by atoms with Crippen LogP contribution in [0.3, 0.4) is 0 Å². The van der Waals surface area contributed by atoms with Gasteiger partial charge in [0, 0.05) is 0 Å². The van der Waals surface area contributed by atoms with Gasteiger partial charge in [-0.3, -0.25) is 4.79 Å². The van der Waals surface area contributed by atoms with E-state index < -0.39 is 23.6 Å². The third kappa shape index (κ3) is 4.38. The van der Waals surface area contributed by atoms with Gasteiger partial charge in [-0.05, 0) is 19.1 Å². The van der Waals surface area contributed by atoms with Gasteiger partial charge in [-0.25, -0.2) is 0 Å². The number of ketones is 1. The molecule has 0 radical (unpaired) electrons. The second-order valence-corrected chi connectivity index (χ2v) is 3.45. The van der Waals surface area contributed by atoms with E-state index in [0.29, 0.717) is 5.69 Å². The normalized spacial score (nSPS) is 13.2. The van der Waals surface area contributed by atoms with Gasteiger partial charge in [0.25, 0.3) is 5.88 Å². The Kier molecular flexibility index (Phi) is 5.24. The first kappa shape index (κ1) is 15.7. The predicted octanol–water partition coefficient (Wildman–Crippen LogP) is 3.67. The van der Waals surface area contributed by atoms with Crippen LogP contribution in [0.25, 0.3) is 0 Å². The molecule has 5 nitrogen and oxygen atoms in total. The molecule has 0 amide bonds. The smallest absolute Gasteiger partial charge is 0.458 e. The van der Waals surface area contributed by atoms with Gasteiger partial charge in [-0.1, -0.05) is 18.2 Å². The van der Waals surface area contributed by atoms with Crippen LogP contribution >= 0.6 is 0 Å². The number of halogens is 3. The molecule has 0 saturated heterocycles. The highest BCUT2D eigenvalue weighted by atomic mass is 19.4. The molecule has 108 valence electrons. The first-order valence-corrected chi connectivity index (χ1v) is 5.50. The number of rotatable bonds is 5. The van der Waals surface area contributed by atoms with E-state index in [1.54, 1.807) is 18.2 Å². The Bertz CT molecular complexity index is 524. The number of aliphatic hydroxyl groups is 1. The van der Waals surface area contributed by atoms with Crippen LogP contribution in [0.5, 0.6) is 0 Å². The maximum Gasteiger partial charge on any atom is 0.458 e. The van der Waals surface area contributed by atoms with Crippen molar-refractivity contribution in [1.82, 2.24) is 0 Å². The number of allylic oxidation sites excluding steroid dienone is 1. The molecule has 1 rings (SSSR count). The van der Waals surface area contributed by atoms with Gasteiger partial charge in [-0.15, -0.1) is 10.2 Å². The van der Waals surface area contributed by atoms with E-state index in [1.807, 2.05) is 0 Å². The van der Waals surface area contributed by atoms with Crippen LogP contribution in [-0.4, -0.2) is 23.7 Å². The van der Waals surface area contributed by atoms with Crippen LogP contribution in [-0.2, 0) is 9.53 Å². The number of Topliss-reactive ketones (excluding diaryl/α,β-unsaturated/α-hetero) is 1. The molecule has 0 aliphatic heterocycles. The molecule has 0 bridgehead atoms. The monoisotopic (exact) mass is 288 g/mol. The Morgan fingerprint density at radius 1 is 1.30 bits per heavy atom. The molecular formula is C12H11F3N2O3. The lowest BCUT2D eigenvalue weighted by molar-refractivity contribution is -0.169. The zero-order chi connectivity index (χ0) is 15.2. The second-order valence-electron chi connectivity index (χ2n) is 3.45. The molecule has 0 aromatic heterocycles. The van der Waals surface area contributed by atoms with E-state index in [0.717, 1.165) is 0 Å². The third-order valence-electron chi connectivity index (χ3n) is 1.97. The van der Waals surface area contributed by atoms with E-state index in [9.17, 15) is 23.1 Å². The van der Waals surface area contributed by atoms with Crippen molar-refractivity contribution in [3.63, 3.8) is 0 Å². The number of azo groups is 1. The molecule has 0 aliphatic carbocycles. The summed E-state index contributed by atoms with van der Waals surface area (Å²) in [7, 11) is 0. The van der Waals surface area contributed by atoms with E-state index in [2.05, 4.69) is 10.2 Å². The van der Waals surface area contributed by atoms with Crippen LogP contribution < -0.4 is 0 Å². The summed E-state index contributed by atoms with van der Waals surface area (Å²) in [6, 6.07) is 8.06. The summed E-state index contributed by atoms with van der Waals surface area (Å²) in [4.78, 5) is 10.9. The fourth-order valence-corrected chi connectivity index (χ4v) is 1.11. The highest BCUT2D eigenvalue weighted by Gasteiger charge is 2.43. The van der Waals surface area contributed by atoms with Crippen molar-refractivity contribution in [3.8, 4) is 0 Å². The van der Waals surface area contributed by atoms with Crippen LogP contribution in [0.1, 0.15) is 6.92 Å². The van der Waals surface area contributed by atoms with Gasteiger partial charge in [0.2, 0.25) is 5.76 Å². The standard InChI is InChI=1S/C12H11F3N2O3/c1-2-20-11(9(18)10(19)12(13,14)15)17-16-8-6-4-3-5-7-8/h3-7,18H,2H2,1H3. The van der Waals surface area contributed by atoms with E-state index in [4.69, 9.17) is 4.74 Å². The van der Waals surface area contributed by atoms with Gasteiger partial charge in [0.15, 0.2) is 0 Å². The SMILES string of the molecule is CCOC(N=Nc1ccccc1)=C(O)C(=O)C(F)(F)F. The van der Waals surface area contributed by atoms with Crippen molar-refractivity contribution >= 4 is 11.5 Å². The molecule has 0 unspecified atom stereocenters. The molecule has 0 spiro atoms. The van der Waals surface area contributed by atoms with Crippen LogP contribution in [0.4, 0.5) is 18.9 Å². The van der Waals surface area contributed by atoms with Gasteiger partial charge in [0.1, 0.15) is 0 Å². The summed E-state index contributed by atoms with van der Waals surface area (Å²) < 4.78 is 41.3. The molecule has 8 heteroatoms. The van der Waals surface area contributed by atoms with Crippen molar-refractivity contribution in [2.24, 2.45) is 10.2 Å². The zero-order valence-corrected chi connectivity index (χ0v) is 10.4. The lowest BCUT2D eigenvalue weighted by Gasteiger charge is -2.07. The molecule has 0 atom stereocenters. The average Bonchev–Trinajstić information content (AvgIpc) is 2.42. The summed E-state index contributed by atoms with van der Waals surface area (Å²) in [5.41, 5.74) is 0.331. The molecule has 1 N–H and O–H groups in total. The van der Waals surface area contributed by atoms with E-state index in [-0.39, 0.29) is 6.61 Å². The molecular weight excluding hydrogens is 277 g/mol. The van der Waals surface area contributed by atoms with Crippen molar-refractivity contribution < 1.29 is 27.8 Å². The highest BCUT2D eigenvalue weighted by Crippen LogP contribution is 2.23. The zero-order valence-electron chi connectivity index (χ0n) is 10.4. The fourth-order valence-electron chi connectivity index (χ4n) is 1.11. The van der Waals surface area contributed by atoms with Crippen LogP contribution in [0, 0.1) is 0 Å². The number of hydrogen-bond donors (Lipinski definition) is 1. The number of nitrogens with zero attached hydrogens (tertiary/aromatic N) is 2. The summed E-state index contributed by atoms with van der Waals surface area (Å²) in [5.74, 6) is -4.94. The van der Waals surface area contributed by atoms with Crippen LogP contribution in [0.2, 0.25) is 0 Å². The number of aliphatic hydroxyl groups excluding tert-OH is 1. The van der Waals surface area contributed by atoms with Crippen molar-refractivity contribution in [3.05, 3.63) is 42.0 Å². The maximum absolute atomic E-state index is 12.2. The maximum atomic E-state index is 12.2. The average molecular weight is 288 g/mol. The minimum Gasteiger partial charge on any atom is -0.500 e. The number of carbonyl (C=O) groups is 1. The second kappa shape index (κ2) is 6.69. The Balaban J connectivity index is 3.05. The van der Waals surface area contributed by atoms with Gasteiger partial charge < -0.3 is 9.84 Å². The Morgan fingerprint density at radius 2 is 1.90 bits per heavy atom. The highest BCUT2D eigenvalue weighted by molar-refractivity contribution is 5.97. The Labute approximate surface area is 112 Å². The number of benzene rings is 1. The molecule has 1 aromatic carbocycles. The van der Waals surface area contributed by atoms with Gasteiger partial charge in [0.05, 0.1) is 12.3 Å². The molecule has 0 saturated carbocycles. The summed E-state index contributed by atoms with van der Waals surface area (Å²) in [5, 5.41) is 16.2. The van der Waals surface area contributed by atoms with Crippen molar-refractivity contribution in [2.75, 3.05) is 6.61 Å². The molecule has 1 aromatic rings. The molecule has 0 heterocycles. The minimum atomic E-state index is -5.21. The number of carbonyl (C=O) groups excluding carboxylic acids is 1. The first-order chi connectivity index (χ1) is 9.36. The third-order valence-corrected chi connectivity index (χ3v) is 1.97. The number of hydrogen-bond acceptors (Lipinski definition) is 5. The van der Waals surface area contributed by atoms with Gasteiger partial charge >= 0.3 is 12.0 Å². The number of ether oxygens (including phenoxy) is 1. The topological polar surface area (TPSA) is 71.2 Å². The Hall–Kier alpha value is -2.38. The molecule has 0 aliphatic rings. The lowest BCUT2D eigenvalue weighted by atomic mass is 10.3. The minimum absolute atomic E-state index is 0.0850. The van der Waals surface area contributed by atoms with Crippen LogP contribution in [0.15, 0.2) is 52.2 Å². The molecule has 20 heavy (non-hydrogen) atoms. The lowest BCUT2D eigenvalue weighted by Crippen LogP contribution is -2.25. The summed E-state index contributed by atoms with van der Waals surface area (Å²) >= 11 is 0.